The third-order valence-corrected chi connectivity index (χ3v) is 3.05. The van der Waals surface area contributed by atoms with E-state index in [-0.39, 0.29) is 0 Å². The van der Waals surface area contributed by atoms with Crippen LogP contribution in [0.1, 0.15) is 39.5 Å². The Balaban J connectivity index is 2.50. The Morgan fingerprint density at radius 3 is 2.42 bits per heavy atom. The molecule has 0 saturated heterocycles. The molecule has 0 amide bonds. The van der Waals surface area contributed by atoms with E-state index in [1.807, 2.05) is 0 Å². The highest BCUT2D eigenvalue weighted by atomic mass is 35.5. The van der Waals surface area contributed by atoms with Gasteiger partial charge in [-0.05, 0) is 24.7 Å². The summed E-state index contributed by atoms with van der Waals surface area (Å²) in [5.41, 5.74) is 1.43. The van der Waals surface area contributed by atoms with Crippen molar-refractivity contribution >= 4 is 11.6 Å². The van der Waals surface area contributed by atoms with Crippen molar-refractivity contribution in [2.24, 2.45) is 11.8 Å². The van der Waals surface area contributed by atoms with E-state index in [9.17, 15) is 0 Å². The maximum Gasteiger partial charge on any atom is 0.0436 e. The van der Waals surface area contributed by atoms with Crippen molar-refractivity contribution in [2.45, 2.75) is 39.5 Å². The van der Waals surface area contributed by atoms with Crippen LogP contribution in [0, 0.1) is 11.8 Å². The van der Waals surface area contributed by atoms with Crippen LogP contribution in [0.15, 0.2) is 11.6 Å². The van der Waals surface area contributed by atoms with E-state index in [4.69, 9.17) is 11.6 Å². The van der Waals surface area contributed by atoms with Crippen molar-refractivity contribution in [1.82, 2.24) is 0 Å². The van der Waals surface area contributed by atoms with E-state index in [0.29, 0.717) is 11.8 Å². The molecule has 12 heavy (non-hydrogen) atoms. The minimum Gasteiger partial charge on any atom is -0.122 e. The molecule has 0 atom stereocenters. The van der Waals surface area contributed by atoms with Gasteiger partial charge in [0.15, 0.2) is 0 Å². The lowest BCUT2D eigenvalue weighted by atomic mass is 9.98. The van der Waals surface area contributed by atoms with Crippen LogP contribution in [0.2, 0.25) is 0 Å². The first-order valence-electron chi connectivity index (χ1n) is 5.00. The van der Waals surface area contributed by atoms with Crippen LogP contribution in [-0.4, -0.2) is 5.88 Å². The molecule has 1 aliphatic rings. The van der Waals surface area contributed by atoms with E-state index < -0.39 is 0 Å². The average molecular weight is 187 g/mol. The lowest BCUT2D eigenvalue weighted by molar-refractivity contribution is 0.659. The second-order valence-electron chi connectivity index (χ2n) is 4.07. The highest BCUT2D eigenvalue weighted by Gasteiger charge is 2.13. The Hall–Kier alpha value is 0.0300. The lowest BCUT2D eigenvalue weighted by Gasteiger charge is -2.10. The number of allylic oxidation sites excluding steroid dienone is 2. The van der Waals surface area contributed by atoms with Gasteiger partial charge in [0, 0.05) is 5.88 Å². The molecule has 0 spiro atoms. The molecule has 70 valence electrons. The number of rotatable bonds is 3. The first-order valence-corrected chi connectivity index (χ1v) is 5.54. The van der Waals surface area contributed by atoms with Crippen molar-refractivity contribution in [3.8, 4) is 0 Å². The zero-order chi connectivity index (χ0) is 8.97. The molecule has 1 aliphatic carbocycles. The minimum absolute atomic E-state index is 0.628. The molecule has 1 rings (SSSR count). The van der Waals surface area contributed by atoms with Gasteiger partial charge in [-0.1, -0.05) is 38.3 Å². The molecule has 0 nitrogen and oxygen atoms in total. The summed E-state index contributed by atoms with van der Waals surface area (Å²) < 4.78 is 0. The highest BCUT2D eigenvalue weighted by molar-refractivity contribution is 6.19. The molecule has 0 bridgehead atoms. The summed E-state index contributed by atoms with van der Waals surface area (Å²) in [5, 5.41) is 0. The van der Waals surface area contributed by atoms with Gasteiger partial charge in [0.05, 0.1) is 0 Å². The maximum absolute atomic E-state index is 5.87. The normalized spacial score (nSPS) is 20.8. The Labute approximate surface area is 81.0 Å². The summed E-state index contributed by atoms with van der Waals surface area (Å²) >= 11 is 5.87. The standard InChI is InChI=1S/C11H19Cl/c1-9(2)11(8-12)7-10-5-3-4-6-10/h7,9-10H,3-6,8H2,1-2H3/b11-7-. The lowest BCUT2D eigenvalue weighted by Crippen LogP contribution is -1.99. The molecule has 0 aromatic carbocycles. The van der Waals surface area contributed by atoms with Crippen molar-refractivity contribution in [3.05, 3.63) is 11.6 Å². The number of halogens is 1. The van der Waals surface area contributed by atoms with Crippen molar-refractivity contribution in [2.75, 3.05) is 5.88 Å². The SMILES string of the molecule is CC(C)/C(=C\C1CCCC1)CCl. The van der Waals surface area contributed by atoms with E-state index in [1.165, 1.54) is 31.3 Å². The van der Waals surface area contributed by atoms with E-state index in [2.05, 4.69) is 19.9 Å². The van der Waals surface area contributed by atoms with Crippen molar-refractivity contribution < 1.29 is 0 Å². The monoisotopic (exact) mass is 186 g/mol. The van der Waals surface area contributed by atoms with Crippen LogP contribution < -0.4 is 0 Å². The minimum atomic E-state index is 0.628. The van der Waals surface area contributed by atoms with Gasteiger partial charge in [-0.15, -0.1) is 11.6 Å². The molecular formula is C11H19Cl. The molecule has 0 heterocycles. The van der Waals surface area contributed by atoms with Gasteiger partial charge in [-0.25, -0.2) is 0 Å². The molecule has 0 aromatic rings. The number of hydrogen-bond donors (Lipinski definition) is 0. The van der Waals surface area contributed by atoms with Crippen LogP contribution in [0.4, 0.5) is 0 Å². The van der Waals surface area contributed by atoms with Gasteiger partial charge >= 0.3 is 0 Å². The van der Waals surface area contributed by atoms with E-state index in [0.717, 1.165) is 5.92 Å². The van der Waals surface area contributed by atoms with Crippen molar-refractivity contribution in [3.63, 3.8) is 0 Å². The molecule has 1 heteroatoms. The first-order chi connectivity index (χ1) is 5.74. The highest BCUT2D eigenvalue weighted by Crippen LogP contribution is 2.28. The van der Waals surface area contributed by atoms with Gasteiger partial charge in [-0.3, -0.25) is 0 Å². The fourth-order valence-electron chi connectivity index (χ4n) is 1.82. The fraction of sp³-hybridized carbons (Fsp3) is 0.818. The zero-order valence-electron chi connectivity index (χ0n) is 8.15. The summed E-state index contributed by atoms with van der Waals surface area (Å²) in [6.07, 6.45) is 8.01. The summed E-state index contributed by atoms with van der Waals surface area (Å²) in [5.74, 6) is 2.18. The predicted molar refractivity (Wildman–Crippen MR) is 55.6 cm³/mol. The van der Waals surface area contributed by atoms with E-state index >= 15 is 0 Å². The molecule has 1 fully saturated rings. The molecule has 0 aliphatic heterocycles. The van der Waals surface area contributed by atoms with Crippen LogP contribution in [-0.2, 0) is 0 Å². The molecule has 0 aromatic heterocycles. The molecule has 0 unspecified atom stereocenters. The van der Waals surface area contributed by atoms with E-state index in [1.54, 1.807) is 0 Å². The average Bonchev–Trinajstić information content (AvgIpc) is 2.51. The smallest absolute Gasteiger partial charge is 0.0436 e. The number of alkyl halides is 1. The maximum atomic E-state index is 5.87. The fourth-order valence-corrected chi connectivity index (χ4v) is 2.22. The Kier molecular flexibility index (Phi) is 4.14. The second-order valence-corrected chi connectivity index (χ2v) is 4.34. The zero-order valence-corrected chi connectivity index (χ0v) is 8.90. The Morgan fingerprint density at radius 2 is 2.00 bits per heavy atom. The van der Waals surface area contributed by atoms with Gasteiger partial charge < -0.3 is 0 Å². The summed E-state index contributed by atoms with van der Waals surface area (Å²) in [7, 11) is 0. The third-order valence-electron chi connectivity index (χ3n) is 2.75. The quantitative estimate of drug-likeness (QED) is 0.462. The molecular weight excluding hydrogens is 168 g/mol. The van der Waals surface area contributed by atoms with Crippen LogP contribution in [0.25, 0.3) is 0 Å². The summed E-state index contributed by atoms with van der Waals surface area (Å²) in [6, 6.07) is 0. The van der Waals surface area contributed by atoms with Gasteiger partial charge in [-0.2, -0.15) is 0 Å². The third kappa shape index (κ3) is 2.82. The van der Waals surface area contributed by atoms with Gasteiger partial charge in [0.2, 0.25) is 0 Å². The van der Waals surface area contributed by atoms with Gasteiger partial charge in [0.1, 0.15) is 0 Å². The molecule has 0 radical (unpaired) electrons. The topological polar surface area (TPSA) is 0 Å². The summed E-state index contributed by atoms with van der Waals surface area (Å²) in [6.45, 7) is 4.45. The largest absolute Gasteiger partial charge is 0.122 e. The summed E-state index contributed by atoms with van der Waals surface area (Å²) in [4.78, 5) is 0. The molecule has 0 N–H and O–H groups in total. The van der Waals surface area contributed by atoms with Crippen LogP contribution in [0.3, 0.4) is 0 Å². The Morgan fingerprint density at radius 1 is 1.42 bits per heavy atom. The number of hydrogen-bond acceptors (Lipinski definition) is 0. The van der Waals surface area contributed by atoms with Gasteiger partial charge in [0.25, 0.3) is 0 Å². The molecule has 1 saturated carbocycles. The second kappa shape index (κ2) is 4.91. The van der Waals surface area contributed by atoms with Crippen LogP contribution >= 0.6 is 11.6 Å². The predicted octanol–water partition coefficient (Wildman–Crippen LogP) is 4.00. The first kappa shape index (κ1) is 10.1. The Bertz CT molecular complexity index is 152. The van der Waals surface area contributed by atoms with Crippen LogP contribution in [0.5, 0.6) is 0 Å². The van der Waals surface area contributed by atoms with Crippen molar-refractivity contribution in [1.29, 1.82) is 0 Å².